The third-order valence-corrected chi connectivity index (χ3v) is 2.35. The molecule has 0 atom stereocenters. The summed E-state index contributed by atoms with van der Waals surface area (Å²) in [7, 11) is 0. The van der Waals surface area contributed by atoms with E-state index in [1.54, 1.807) is 0 Å². The monoisotopic (exact) mass is 244 g/mol. The predicted octanol–water partition coefficient (Wildman–Crippen LogP) is 3.04. The second-order valence-corrected chi connectivity index (χ2v) is 3.42. The van der Waals surface area contributed by atoms with Gasteiger partial charge in [0.2, 0.25) is 0 Å². The Balaban J connectivity index is 0.000000176. The number of rotatable bonds is 1. The van der Waals surface area contributed by atoms with Gasteiger partial charge in [0.1, 0.15) is 0 Å². The fraction of sp³-hybridized carbons (Fsp3) is 0. The van der Waals surface area contributed by atoms with Gasteiger partial charge in [-0.1, -0.05) is 36.3 Å². The molecule has 0 fully saturated rings. The van der Waals surface area contributed by atoms with Crippen LogP contribution in [0.3, 0.4) is 0 Å². The Hall–Kier alpha value is -1.95. The van der Waals surface area contributed by atoms with E-state index in [9.17, 15) is 0 Å². The van der Waals surface area contributed by atoms with Crippen molar-refractivity contribution in [1.29, 1.82) is 0 Å². The highest BCUT2D eigenvalue weighted by molar-refractivity contribution is 5.85. The van der Waals surface area contributed by atoms with Gasteiger partial charge in [-0.2, -0.15) is 0 Å². The molecule has 2 aliphatic carbocycles. The fourth-order valence-electron chi connectivity index (χ4n) is 1.41. The summed E-state index contributed by atoms with van der Waals surface area (Å²) in [6.07, 6.45) is 5.18. The fourth-order valence-corrected chi connectivity index (χ4v) is 1.41. The molecule has 3 rings (SSSR count). The topological polar surface area (TPSA) is 38.0 Å². The summed E-state index contributed by atoms with van der Waals surface area (Å²) in [6, 6.07) is 15.9. The third kappa shape index (κ3) is 3.25. The van der Waals surface area contributed by atoms with Crippen molar-refractivity contribution in [2.75, 3.05) is 5.43 Å². The number of anilines is 1. The molecule has 3 heteroatoms. The minimum Gasteiger partial charge on any atom is -0.323 e. The van der Waals surface area contributed by atoms with Crippen LogP contribution < -0.4 is 11.3 Å². The van der Waals surface area contributed by atoms with E-state index in [0.29, 0.717) is 0 Å². The first kappa shape index (κ1) is 13.1. The van der Waals surface area contributed by atoms with E-state index in [1.807, 2.05) is 24.3 Å². The number of para-hydroxylation sites is 1. The maximum atomic E-state index is 5.18. The van der Waals surface area contributed by atoms with E-state index >= 15 is 0 Å². The zero-order chi connectivity index (χ0) is 11.4. The normalized spacial score (nSPS) is 8.94. The average molecular weight is 245 g/mol. The summed E-state index contributed by atoms with van der Waals surface area (Å²) in [5.74, 6) is 7.68. The summed E-state index contributed by atoms with van der Waals surface area (Å²) in [6.45, 7) is 0. The highest BCUT2D eigenvalue weighted by atomic mass is 35.5. The summed E-state index contributed by atoms with van der Waals surface area (Å²) in [5, 5.41) is 0. The second kappa shape index (κ2) is 5.95. The first-order chi connectivity index (χ1) is 7.85. The summed E-state index contributed by atoms with van der Waals surface area (Å²) >= 11 is 0. The number of halogens is 1. The molecule has 3 N–H and O–H groups in total. The van der Waals surface area contributed by atoms with E-state index in [2.05, 4.69) is 35.6 Å². The van der Waals surface area contributed by atoms with Gasteiger partial charge < -0.3 is 5.43 Å². The molecular weight excluding hydrogens is 232 g/mol. The maximum absolute atomic E-state index is 5.18. The van der Waals surface area contributed by atoms with Crippen molar-refractivity contribution in [2.45, 2.75) is 0 Å². The zero-order valence-corrected chi connectivity index (χ0v) is 10.00. The van der Waals surface area contributed by atoms with Crippen LogP contribution in [0, 0.1) is 12.3 Å². The van der Waals surface area contributed by atoms with Crippen molar-refractivity contribution in [3.8, 4) is 23.5 Å². The molecule has 0 bridgehead atoms. The van der Waals surface area contributed by atoms with Crippen LogP contribution in [-0.2, 0) is 0 Å². The van der Waals surface area contributed by atoms with Crippen molar-refractivity contribution in [3.63, 3.8) is 0 Å². The molecule has 0 aromatic heterocycles. The second-order valence-electron chi connectivity index (χ2n) is 3.42. The van der Waals surface area contributed by atoms with Gasteiger partial charge in [0, 0.05) is 5.56 Å². The largest absolute Gasteiger partial charge is 0.323 e. The minimum atomic E-state index is 0. The molecule has 0 amide bonds. The lowest BCUT2D eigenvalue weighted by molar-refractivity contribution is 1.34. The molecule has 0 aliphatic heterocycles. The van der Waals surface area contributed by atoms with Gasteiger partial charge >= 0.3 is 0 Å². The SMILES string of the molecule is C#Cc1ccccc1NN.Cl.c1cc2cc-2c1. The van der Waals surface area contributed by atoms with E-state index < -0.39 is 0 Å². The predicted molar refractivity (Wildman–Crippen MR) is 74.9 cm³/mol. The van der Waals surface area contributed by atoms with Gasteiger partial charge in [0.15, 0.2) is 0 Å². The Morgan fingerprint density at radius 3 is 2.00 bits per heavy atom. The van der Waals surface area contributed by atoms with Crippen molar-refractivity contribution < 1.29 is 0 Å². The molecule has 0 saturated carbocycles. The van der Waals surface area contributed by atoms with Gasteiger partial charge in [-0.25, -0.2) is 0 Å². The number of terminal acetylenes is 1. The average Bonchev–Trinajstić information content (AvgIpc) is 2.96. The van der Waals surface area contributed by atoms with Crippen LogP contribution in [0.5, 0.6) is 0 Å². The lowest BCUT2D eigenvalue weighted by Gasteiger charge is -2.00. The lowest BCUT2D eigenvalue weighted by Crippen LogP contribution is -2.07. The Kier molecular flexibility index (Phi) is 4.59. The maximum Gasteiger partial charge on any atom is 0.0641 e. The van der Waals surface area contributed by atoms with Crippen LogP contribution in [0.4, 0.5) is 5.69 Å². The summed E-state index contributed by atoms with van der Waals surface area (Å²) in [5.41, 5.74) is 6.92. The van der Waals surface area contributed by atoms with E-state index in [4.69, 9.17) is 12.3 Å². The molecule has 2 nitrogen and oxygen atoms in total. The van der Waals surface area contributed by atoms with Gasteiger partial charge in [0.25, 0.3) is 0 Å². The minimum absolute atomic E-state index is 0. The van der Waals surface area contributed by atoms with Crippen LogP contribution >= 0.6 is 12.4 Å². The lowest BCUT2D eigenvalue weighted by atomic mass is 10.2. The van der Waals surface area contributed by atoms with Crippen LogP contribution in [0.15, 0.2) is 48.5 Å². The van der Waals surface area contributed by atoms with Gasteiger partial charge in [0.05, 0.1) is 5.69 Å². The molecule has 17 heavy (non-hydrogen) atoms. The van der Waals surface area contributed by atoms with E-state index in [0.717, 1.165) is 11.3 Å². The molecule has 0 heterocycles. The molecule has 2 aliphatic rings. The number of benzene rings is 2. The molecule has 0 unspecified atom stereocenters. The molecule has 1 aromatic rings. The Labute approximate surface area is 107 Å². The number of nitrogens with two attached hydrogens (primary N) is 1. The third-order valence-electron chi connectivity index (χ3n) is 2.35. The zero-order valence-electron chi connectivity index (χ0n) is 9.18. The molecule has 1 aromatic carbocycles. The number of hydrazine groups is 1. The number of nitrogens with one attached hydrogen (secondary N) is 1. The highest BCUT2D eigenvalue weighted by Crippen LogP contribution is 2.32. The smallest absolute Gasteiger partial charge is 0.0641 e. The van der Waals surface area contributed by atoms with Crippen molar-refractivity contribution >= 4 is 18.1 Å². The number of fused-ring (bicyclic) bond motifs is 1. The van der Waals surface area contributed by atoms with Crippen molar-refractivity contribution in [3.05, 3.63) is 54.1 Å². The summed E-state index contributed by atoms with van der Waals surface area (Å²) in [4.78, 5) is 0. The van der Waals surface area contributed by atoms with Crippen LogP contribution in [-0.4, -0.2) is 0 Å². The molecule has 86 valence electrons. The first-order valence-corrected chi connectivity index (χ1v) is 4.98. The Morgan fingerprint density at radius 1 is 1.00 bits per heavy atom. The Morgan fingerprint density at radius 2 is 1.65 bits per heavy atom. The Bertz CT molecular complexity index is 527. The highest BCUT2D eigenvalue weighted by Gasteiger charge is 2.06. The number of hydrogen-bond donors (Lipinski definition) is 2. The number of nitrogen functional groups attached to an aromatic ring is 1. The molecule has 0 saturated heterocycles. The molecular formula is C14H13ClN2. The van der Waals surface area contributed by atoms with Crippen LogP contribution in [0.2, 0.25) is 0 Å². The van der Waals surface area contributed by atoms with Gasteiger partial charge in [-0.3, -0.25) is 5.84 Å². The number of hydrogen-bond acceptors (Lipinski definition) is 2. The van der Waals surface area contributed by atoms with Gasteiger partial charge in [-0.15, -0.1) is 18.8 Å². The van der Waals surface area contributed by atoms with E-state index in [1.165, 1.54) is 11.1 Å². The quantitative estimate of drug-likeness (QED) is 0.392. The van der Waals surface area contributed by atoms with Gasteiger partial charge in [-0.05, 0) is 29.3 Å². The van der Waals surface area contributed by atoms with Crippen molar-refractivity contribution in [2.24, 2.45) is 5.84 Å². The van der Waals surface area contributed by atoms with Crippen LogP contribution in [0.1, 0.15) is 5.56 Å². The summed E-state index contributed by atoms with van der Waals surface area (Å²) < 4.78 is 0. The van der Waals surface area contributed by atoms with Crippen LogP contribution in [0.25, 0.3) is 11.1 Å². The van der Waals surface area contributed by atoms with E-state index in [-0.39, 0.29) is 12.4 Å². The first-order valence-electron chi connectivity index (χ1n) is 4.98. The molecule has 0 radical (unpaired) electrons. The molecule has 0 spiro atoms. The van der Waals surface area contributed by atoms with Crippen molar-refractivity contribution in [1.82, 2.24) is 0 Å². The standard InChI is InChI=1S/C8H8N2.C6H4.ClH/c1-2-7-5-3-4-6-8(7)10-9;1-2-5-4-6(5)3-1;/h1,3-6,10H,9H2;1-4H;1H.